The second-order valence-electron chi connectivity index (χ2n) is 4.60. The summed E-state index contributed by atoms with van der Waals surface area (Å²) in [7, 11) is -3.50. The number of benzene rings is 1. The van der Waals surface area contributed by atoms with Crippen LogP contribution in [0.25, 0.3) is 0 Å². The van der Waals surface area contributed by atoms with Gasteiger partial charge in [0, 0.05) is 15.3 Å². The van der Waals surface area contributed by atoms with E-state index in [4.69, 9.17) is 11.6 Å². The molecule has 1 saturated carbocycles. The molecular weight excluding hydrogens is 417 g/mol. The van der Waals surface area contributed by atoms with Crippen molar-refractivity contribution in [2.75, 3.05) is 0 Å². The molecule has 0 spiro atoms. The Morgan fingerprint density at radius 1 is 1.26 bits per heavy atom. The van der Waals surface area contributed by atoms with Crippen molar-refractivity contribution in [3.05, 3.63) is 27.7 Å². The zero-order chi connectivity index (χ0) is 14.0. The molecule has 1 fully saturated rings. The standard InChI is InChI=1S/C12H14Br2ClNO2S/c13-9-3-1-2-4-12(9)16-19(17,18)8-5-6-11(15)10(14)7-8/h5-7,9,12,16H,1-4H2. The lowest BCUT2D eigenvalue weighted by molar-refractivity contribution is 0.427. The van der Waals surface area contributed by atoms with Crippen LogP contribution in [-0.4, -0.2) is 19.3 Å². The lowest BCUT2D eigenvalue weighted by Crippen LogP contribution is -2.42. The van der Waals surface area contributed by atoms with Crippen LogP contribution in [0.4, 0.5) is 0 Å². The van der Waals surface area contributed by atoms with E-state index in [9.17, 15) is 8.42 Å². The van der Waals surface area contributed by atoms with Gasteiger partial charge in [-0.25, -0.2) is 13.1 Å². The van der Waals surface area contributed by atoms with Gasteiger partial charge in [-0.2, -0.15) is 0 Å². The van der Waals surface area contributed by atoms with Gasteiger partial charge in [-0.1, -0.05) is 40.4 Å². The van der Waals surface area contributed by atoms with Crippen molar-refractivity contribution in [3.8, 4) is 0 Å². The maximum atomic E-state index is 12.3. The second-order valence-corrected chi connectivity index (χ2v) is 8.76. The average Bonchev–Trinajstić information content (AvgIpc) is 2.35. The molecule has 0 radical (unpaired) electrons. The third-order valence-electron chi connectivity index (χ3n) is 3.19. The molecule has 0 amide bonds. The van der Waals surface area contributed by atoms with Gasteiger partial charge in [0.25, 0.3) is 0 Å². The van der Waals surface area contributed by atoms with Crippen molar-refractivity contribution >= 4 is 53.5 Å². The number of halogens is 3. The summed E-state index contributed by atoms with van der Waals surface area (Å²) in [5.41, 5.74) is 0. The Balaban J connectivity index is 2.19. The number of alkyl halides is 1. The fraction of sp³-hybridized carbons (Fsp3) is 0.500. The van der Waals surface area contributed by atoms with Gasteiger partial charge < -0.3 is 0 Å². The third-order valence-corrected chi connectivity index (χ3v) is 6.99. The van der Waals surface area contributed by atoms with Crippen molar-refractivity contribution in [2.24, 2.45) is 0 Å². The van der Waals surface area contributed by atoms with Gasteiger partial charge in [0.1, 0.15) is 0 Å². The molecule has 1 aliphatic rings. The van der Waals surface area contributed by atoms with E-state index in [0.29, 0.717) is 9.50 Å². The number of nitrogens with one attached hydrogen (secondary N) is 1. The molecular formula is C12H14Br2ClNO2S. The minimum Gasteiger partial charge on any atom is -0.207 e. The van der Waals surface area contributed by atoms with Crippen LogP contribution in [0.3, 0.4) is 0 Å². The van der Waals surface area contributed by atoms with E-state index in [0.717, 1.165) is 25.7 Å². The SMILES string of the molecule is O=S(=O)(NC1CCCCC1Br)c1ccc(Cl)c(Br)c1. The van der Waals surface area contributed by atoms with Gasteiger partial charge in [0.15, 0.2) is 0 Å². The Bertz CT molecular complexity index is 565. The van der Waals surface area contributed by atoms with Crippen LogP contribution >= 0.6 is 43.5 Å². The molecule has 1 aromatic rings. The topological polar surface area (TPSA) is 46.2 Å². The summed E-state index contributed by atoms with van der Waals surface area (Å²) in [5.74, 6) is 0. The van der Waals surface area contributed by atoms with E-state index in [1.54, 1.807) is 6.07 Å². The Kier molecular flexibility index (Phi) is 5.34. The fourth-order valence-corrected chi connectivity index (χ4v) is 5.01. The Labute approximate surface area is 135 Å². The molecule has 1 aliphatic carbocycles. The summed E-state index contributed by atoms with van der Waals surface area (Å²) in [4.78, 5) is 0.431. The zero-order valence-electron chi connectivity index (χ0n) is 10.1. The highest BCUT2D eigenvalue weighted by atomic mass is 79.9. The van der Waals surface area contributed by atoms with Crippen LogP contribution in [0.15, 0.2) is 27.6 Å². The summed E-state index contributed by atoms with van der Waals surface area (Å²) < 4.78 is 28.0. The maximum absolute atomic E-state index is 12.3. The van der Waals surface area contributed by atoms with Crippen LogP contribution in [-0.2, 0) is 10.0 Å². The summed E-state index contributed by atoms with van der Waals surface area (Å²) in [6, 6.07) is 4.57. The minimum absolute atomic E-state index is 0.0480. The van der Waals surface area contributed by atoms with E-state index in [1.807, 2.05) is 0 Å². The second kappa shape index (κ2) is 6.43. The van der Waals surface area contributed by atoms with Crippen molar-refractivity contribution in [1.29, 1.82) is 0 Å². The van der Waals surface area contributed by atoms with Gasteiger partial charge in [-0.3, -0.25) is 0 Å². The summed E-state index contributed by atoms with van der Waals surface area (Å²) in [5, 5.41) is 0.495. The molecule has 0 aliphatic heterocycles. The van der Waals surface area contributed by atoms with Crippen molar-refractivity contribution in [2.45, 2.75) is 41.4 Å². The van der Waals surface area contributed by atoms with Crippen molar-refractivity contribution < 1.29 is 8.42 Å². The maximum Gasteiger partial charge on any atom is 0.240 e. The Morgan fingerprint density at radius 2 is 1.95 bits per heavy atom. The highest BCUT2D eigenvalue weighted by Gasteiger charge is 2.28. The summed E-state index contributed by atoms with van der Waals surface area (Å²) >= 11 is 12.7. The molecule has 7 heteroatoms. The van der Waals surface area contributed by atoms with Crippen LogP contribution < -0.4 is 4.72 Å². The molecule has 2 atom stereocenters. The highest BCUT2D eigenvalue weighted by Crippen LogP contribution is 2.28. The van der Waals surface area contributed by atoms with E-state index in [1.165, 1.54) is 12.1 Å². The first kappa shape index (κ1) is 15.8. The molecule has 1 aromatic carbocycles. The molecule has 0 heterocycles. The number of rotatable bonds is 3. The van der Waals surface area contributed by atoms with Gasteiger partial charge in [-0.15, -0.1) is 0 Å². The Hall–Kier alpha value is 0.380. The van der Waals surface area contributed by atoms with E-state index in [-0.39, 0.29) is 15.8 Å². The first-order valence-electron chi connectivity index (χ1n) is 6.01. The number of hydrogen-bond donors (Lipinski definition) is 1. The van der Waals surface area contributed by atoms with Crippen LogP contribution in [0.5, 0.6) is 0 Å². The van der Waals surface area contributed by atoms with E-state index >= 15 is 0 Å². The van der Waals surface area contributed by atoms with E-state index < -0.39 is 10.0 Å². The lowest BCUT2D eigenvalue weighted by Gasteiger charge is -2.27. The van der Waals surface area contributed by atoms with Crippen molar-refractivity contribution in [3.63, 3.8) is 0 Å². The predicted molar refractivity (Wildman–Crippen MR) is 84.4 cm³/mol. The summed E-state index contributed by atoms with van der Waals surface area (Å²) in [6.45, 7) is 0. The molecule has 2 rings (SSSR count). The monoisotopic (exact) mass is 429 g/mol. The molecule has 106 valence electrons. The zero-order valence-corrected chi connectivity index (χ0v) is 14.8. The quantitative estimate of drug-likeness (QED) is 0.733. The van der Waals surface area contributed by atoms with Gasteiger partial charge in [0.05, 0.1) is 9.92 Å². The summed E-state index contributed by atoms with van der Waals surface area (Å²) in [6.07, 6.45) is 4.06. The molecule has 19 heavy (non-hydrogen) atoms. The first-order valence-corrected chi connectivity index (χ1v) is 9.58. The van der Waals surface area contributed by atoms with E-state index in [2.05, 4.69) is 36.6 Å². The van der Waals surface area contributed by atoms with Gasteiger partial charge in [0.2, 0.25) is 10.0 Å². The van der Waals surface area contributed by atoms with Crippen molar-refractivity contribution in [1.82, 2.24) is 4.72 Å². The predicted octanol–water partition coefficient (Wildman–Crippen LogP) is 4.09. The van der Waals surface area contributed by atoms with Gasteiger partial charge >= 0.3 is 0 Å². The van der Waals surface area contributed by atoms with Gasteiger partial charge in [-0.05, 0) is 47.0 Å². The normalized spacial score (nSPS) is 24.4. The smallest absolute Gasteiger partial charge is 0.207 e. The van der Waals surface area contributed by atoms with Crippen LogP contribution in [0.1, 0.15) is 25.7 Å². The average molecular weight is 432 g/mol. The lowest BCUT2D eigenvalue weighted by atomic mass is 9.96. The molecule has 1 N–H and O–H groups in total. The molecule has 3 nitrogen and oxygen atoms in total. The number of sulfonamides is 1. The van der Waals surface area contributed by atoms with Crippen LogP contribution in [0, 0.1) is 0 Å². The number of hydrogen-bond acceptors (Lipinski definition) is 2. The van der Waals surface area contributed by atoms with Crippen LogP contribution in [0.2, 0.25) is 5.02 Å². The molecule has 2 unspecified atom stereocenters. The highest BCUT2D eigenvalue weighted by molar-refractivity contribution is 9.10. The molecule has 0 aromatic heterocycles. The first-order chi connectivity index (χ1) is 8.90. The third kappa shape index (κ3) is 3.94. The molecule has 0 saturated heterocycles. The molecule has 0 bridgehead atoms. The minimum atomic E-state index is -3.50. The Morgan fingerprint density at radius 3 is 2.58 bits per heavy atom. The fourth-order valence-electron chi connectivity index (χ4n) is 2.13. The largest absolute Gasteiger partial charge is 0.240 e.